The van der Waals surface area contributed by atoms with E-state index in [0.29, 0.717) is 28.9 Å². The lowest BCUT2D eigenvalue weighted by Crippen LogP contribution is -2.40. The van der Waals surface area contributed by atoms with Crippen LogP contribution in [0.5, 0.6) is 5.75 Å². The maximum absolute atomic E-state index is 12.3. The number of likely N-dealkylation sites (tertiary alicyclic amines) is 1. The number of methoxy groups -OCH3 is 1. The zero-order valence-corrected chi connectivity index (χ0v) is 17.3. The van der Waals surface area contributed by atoms with Gasteiger partial charge in [0, 0.05) is 24.6 Å². The lowest BCUT2D eigenvalue weighted by molar-refractivity contribution is -0.134. The summed E-state index contributed by atoms with van der Waals surface area (Å²) < 4.78 is 5.44. The number of aromatic carboxylic acids is 1. The highest BCUT2D eigenvalue weighted by Crippen LogP contribution is 2.65. The van der Waals surface area contributed by atoms with E-state index in [-0.39, 0.29) is 5.56 Å². The summed E-state index contributed by atoms with van der Waals surface area (Å²) in [6.45, 7) is 1.81. The Hall–Kier alpha value is -2.82. The number of benzene rings is 2. The van der Waals surface area contributed by atoms with Gasteiger partial charge in [-0.15, -0.1) is 0 Å². The number of ether oxygens (including phenoxy) is 1. The summed E-state index contributed by atoms with van der Waals surface area (Å²) in [5.74, 6) is 0.990. The number of rotatable bonds is 5. The van der Waals surface area contributed by atoms with Crippen molar-refractivity contribution in [3.8, 4) is 16.9 Å². The van der Waals surface area contributed by atoms with Gasteiger partial charge < -0.3 is 14.7 Å². The summed E-state index contributed by atoms with van der Waals surface area (Å²) in [5, 5.41) is 9.31. The number of amides is 1. The predicted molar refractivity (Wildman–Crippen MR) is 114 cm³/mol. The molecule has 3 fully saturated rings. The van der Waals surface area contributed by atoms with Gasteiger partial charge >= 0.3 is 5.97 Å². The molecule has 156 valence electrons. The molecular weight excluding hydrogens is 378 g/mol. The second-order valence-corrected chi connectivity index (χ2v) is 9.06. The molecule has 2 aromatic carbocycles. The van der Waals surface area contributed by atoms with Crippen LogP contribution in [0.3, 0.4) is 0 Å². The third-order valence-electron chi connectivity index (χ3n) is 7.26. The van der Waals surface area contributed by atoms with E-state index in [2.05, 4.69) is 29.2 Å². The molecule has 2 saturated carbocycles. The molecule has 0 bridgehead atoms. The van der Waals surface area contributed by atoms with E-state index in [9.17, 15) is 14.7 Å². The first-order chi connectivity index (χ1) is 14.5. The van der Waals surface area contributed by atoms with Crippen LogP contribution in [0.25, 0.3) is 11.1 Å². The first-order valence-electron chi connectivity index (χ1n) is 10.8. The van der Waals surface area contributed by atoms with E-state index in [1.54, 1.807) is 25.3 Å². The van der Waals surface area contributed by atoms with Gasteiger partial charge in [0.1, 0.15) is 5.75 Å². The zero-order chi connectivity index (χ0) is 20.9. The first kappa shape index (κ1) is 19.2. The van der Waals surface area contributed by atoms with E-state index in [1.807, 2.05) is 0 Å². The number of carboxylic acids is 1. The fourth-order valence-corrected chi connectivity index (χ4v) is 5.09. The van der Waals surface area contributed by atoms with E-state index < -0.39 is 5.97 Å². The van der Waals surface area contributed by atoms with Crippen LogP contribution >= 0.6 is 0 Å². The van der Waals surface area contributed by atoms with E-state index in [4.69, 9.17) is 4.74 Å². The Morgan fingerprint density at radius 2 is 1.77 bits per heavy atom. The van der Waals surface area contributed by atoms with Crippen LogP contribution in [0.1, 0.15) is 53.9 Å². The van der Waals surface area contributed by atoms with Gasteiger partial charge in [-0.05, 0) is 72.8 Å². The average molecular weight is 405 g/mol. The molecular formula is C25H27NO4. The van der Waals surface area contributed by atoms with Crippen molar-refractivity contribution in [1.82, 2.24) is 4.90 Å². The summed E-state index contributed by atoms with van der Waals surface area (Å²) in [5.41, 5.74) is 3.71. The molecule has 0 aromatic heterocycles. The molecule has 5 heteroatoms. The van der Waals surface area contributed by atoms with Crippen molar-refractivity contribution >= 4 is 11.9 Å². The monoisotopic (exact) mass is 405 g/mol. The normalized spacial score (nSPS) is 22.0. The highest BCUT2D eigenvalue weighted by atomic mass is 16.5. The number of hydrogen-bond acceptors (Lipinski definition) is 3. The Morgan fingerprint density at radius 1 is 1.07 bits per heavy atom. The molecule has 1 saturated heterocycles. The van der Waals surface area contributed by atoms with Gasteiger partial charge in [-0.1, -0.05) is 24.3 Å². The number of nitrogens with zero attached hydrogens (tertiary/aromatic N) is 1. The van der Waals surface area contributed by atoms with Crippen molar-refractivity contribution in [2.24, 2.45) is 11.3 Å². The SMILES string of the molecule is COc1ccc(C(=O)O)cc1-c1ccc([C@H]2CC23CCN(C(=O)C2CC2)CC3)cc1. The molecule has 1 heterocycles. The predicted octanol–water partition coefficient (Wildman–Crippen LogP) is 4.57. The second-order valence-electron chi connectivity index (χ2n) is 9.06. The third kappa shape index (κ3) is 3.36. The molecule has 1 N–H and O–H groups in total. The highest BCUT2D eigenvalue weighted by molar-refractivity contribution is 5.90. The molecule has 1 spiro atoms. The van der Waals surface area contributed by atoms with Crippen molar-refractivity contribution in [2.75, 3.05) is 20.2 Å². The molecule has 5 nitrogen and oxygen atoms in total. The van der Waals surface area contributed by atoms with Crippen molar-refractivity contribution in [3.63, 3.8) is 0 Å². The minimum Gasteiger partial charge on any atom is -0.496 e. The van der Waals surface area contributed by atoms with Crippen LogP contribution < -0.4 is 4.74 Å². The summed E-state index contributed by atoms with van der Waals surface area (Å²) >= 11 is 0. The minimum atomic E-state index is -0.943. The lowest BCUT2D eigenvalue weighted by atomic mass is 9.88. The van der Waals surface area contributed by atoms with Gasteiger partial charge in [0.2, 0.25) is 5.91 Å². The van der Waals surface area contributed by atoms with Crippen molar-refractivity contribution in [3.05, 3.63) is 53.6 Å². The van der Waals surface area contributed by atoms with E-state index >= 15 is 0 Å². The van der Waals surface area contributed by atoms with Gasteiger partial charge in [0.15, 0.2) is 0 Å². The highest BCUT2D eigenvalue weighted by Gasteiger charge is 2.55. The van der Waals surface area contributed by atoms with Crippen molar-refractivity contribution in [2.45, 2.75) is 38.0 Å². The van der Waals surface area contributed by atoms with Gasteiger partial charge in [-0.2, -0.15) is 0 Å². The van der Waals surface area contributed by atoms with Crippen LogP contribution in [0, 0.1) is 11.3 Å². The van der Waals surface area contributed by atoms with Gasteiger partial charge in [-0.3, -0.25) is 4.79 Å². The van der Waals surface area contributed by atoms with Crippen molar-refractivity contribution < 1.29 is 19.4 Å². The molecule has 1 amide bonds. The van der Waals surface area contributed by atoms with E-state index in [0.717, 1.165) is 49.9 Å². The average Bonchev–Trinajstić information content (AvgIpc) is 3.70. The van der Waals surface area contributed by atoms with Crippen molar-refractivity contribution in [1.29, 1.82) is 0 Å². The minimum absolute atomic E-state index is 0.253. The van der Waals surface area contributed by atoms with Crippen LogP contribution in [-0.4, -0.2) is 42.1 Å². The quantitative estimate of drug-likeness (QED) is 0.792. The van der Waals surface area contributed by atoms with Crippen LogP contribution in [0.2, 0.25) is 0 Å². The summed E-state index contributed by atoms with van der Waals surface area (Å²) in [6, 6.07) is 13.4. The lowest BCUT2D eigenvalue weighted by Gasteiger charge is -2.33. The molecule has 5 rings (SSSR count). The first-order valence-corrected chi connectivity index (χ1v) is 10.8. The maximum atomic E-state index is 12.3. The number of piperidine rings is 1. The number of carbonyl (C=O) groups is 2. The summed E-state index contributed by atoms with van der Waals surface area (Å²) in [6.07, 6.45) is 5.57. The Bertz CT molecular complexity index is 985. The number of carbonyl (C=O) groups excluding carboxylic acids is 1. The molecule has 0 unspecified atom stereocenters. The molecule has 3 aliphatic rings. The number of hydrogen-bond donors (Lipinski definition) is 1. The Balaban J connectivity index is 1.29. The second kappa shape index (κ2) is 7.15. The fourth-order valence-electron chi connectivity index (χ4n) is 5.09. The molecule has 1 atom stereocenters. The maximum Gasteiger partial charge on any atom is 0.335 e. The summed E-state index contributed by atoms with van der Waals surface area (Å²) in [7, 11) is 1.60. The molecule has 2 aliphatic carbocycles. The fraction of sp³-hybridized carbons (Fsp3) is 0.440. The standard InChI is InChI=1S/C25H27NO4/c1-30-22-9-8-19(24(28)29)14-20(22)16-2-4-17(5-3-16)21-15-25(21)10-12-26(13-11-25)23(27)18-6-7-18/h2-5,8-9,14,18,21H,6-7,10-13,15H2,1H3,(H,28,29)/t21-/m1/s1. The van der Waals surface area contributed by atoms with Gasteiger partial charge in [0.25, 0.3) is 0 Å². The third-order valence-corrected chi connectivity index (χ3v) is 7.26. The Kier molecular flexibility index (Phi) is 4.57. The zero-order valence-electron chi connectivity index (χ0n) is 17.3. The van der Waals surface area contributed by atoms with Crippen LogP contribution in [0.15, 0.2) is 42.5 Å². The van der Waals surface area contributed by atoms with Gasteiger partial charge in [-0.25, -0.2) is 4.79 Å². The molecule has 2 aromatic rings. The van der Waals surface area contributed by atoms with Crippen LogP contribution in [-0.2, 0) is 4.79 Å². The van der Waals surface area contributed by atoms with E-state index in [1.165, 1.54) is 12.0 Å². The van der Waals surface area contributed by atoms with Gasteiger partial charge in [0.05, 0.1) is 12.7 Å². The Morgan fingerprint density at radius 3 is 2.37 bits per heavy atom. The largest absolute Gasteiger partial charge is 0.496 e. The van der Waals surface area contributed by atoms with Crippen LogP contribution in [0.4, 0.5) is 0 Å². The Labute approximate surface area is 176 Å². The smallest absolute Gasteiger partial charge is 0.335 e. The molecule has 1 aliphatic heterocycles. The topological polar surface area (TPSA) is 66.8 Å². The summed E-state index contributed by atoms with van der Waals surface area (Å²) in [4.78, 5) is 25.7. The molecule has 30 heavy (non-hydrogen) atoms. The number of carboxylic acid groups (broad SMARTS) is 1. The molecule has 0 radical (unpaired) electrons.